The molecule has 1 amide bonds. The van der Waals surface area contributed by atoms with Crippen LogP contribution in [0.4, 0.5) is 5.95 Å². The minimum Gasteiger partial charge on any atom is -0.497 e. The first-order valence-electron chi connectivity index (χ1n) is 12.6. The van der Waals surface area contributed by atoms with E-state index in [4.69, 9.17) is 16.3 Å². The third-order valence-electron chi connectivity index (χ3n) is 6.59. The number of hydrogen-bond acceptors (Lipinski definition) is 5. The van der Waals surface area contributed by atoms with E-state index >= 15 is 0 Å². The van der Waals surface area contributed by atoms with Gasteiger partial charge in [-0.05, 0) is 74.2 Å². The molecule has 0 atom stereocenters. The maximum absolute atomic E-state index is 13.5. The predicted molar refractivity (Wildman–Crippen MR) is 152 cm³/mol. The maximum atomic E-state index is 13.5. The molecule has 39 heavy (non-hydrogen) atoms. The number of carbonyl (C=O) groups excluding carboxylic acids is 1. The lowest BCUT2D eigenvalue weighted by molar-refractivity contribution is -0.116. The summed E-state index contributed by atoms with van der Waals surface area (Å²) < 4.78 is 35.2. The van der Waals surface area contributed by atoms with Crippen LogP contribution in [0, 0.1) is 12.8 Å². The average Bonchev–Trinajstić information content (AvgIpc) is 3.66. The Hall–Kier alpha value is -3.66. The summed E-state index contributed by atoms with van der Waals surface area (Å²) in [4.78, 5) is 18.2. The molecule has 0 aliphatic heterocycles. The number of sulfonamides is 1. The first kappa shape index (κ1) is 26.9. The fraction of sp³-hybridized carbons (Fsp3) is 0.241. The number of ether oxygens (including phenoxy) is 1. The molecule has 1 heterocycles. The van der Waals surface area contributed by atoms with E-state index in [9.17, 15) is 13.2 Å². The van der Waals surface area contributed by atoms with Crippen LogP contribution in [0.1, 0.15) is 18.4 Å². The smallest absolute Gasteiger partial charge is 0.243 e. The summed E-state index contributed by atoms with van der Waals surface area (Å²) in [6.45, 7) is 1.88. The summed E-state index contributed by atoms with van der Waals surface area (Å²) in [6, 6.07) is 21.2. The van der Waals surface area contributed by atoms with Gasteiger partial charge < -0.3 is 4.74 Å². The van der Waals surface area contributed by atoms with Crippen LogP contribution in [0.3, 0.4) is 0 Å². The molecule has 0 radical (unpaired) electrons. The Balaban J connectivity index is 1.44. The molecule has 1 aromatic heterocycles. The Morgan fingerprint density at radius 2 is 1.72 bits per heavy atom. The molecule has 202 valence electrons. The fourth-order valence-corrected chi connectivity index (χ4v) is 5.79. The molecule has 0 spiro atoms. The van der Waals surface area contributed by atoms with Crippen LogP contribution in [0.2, 0.25) is 5.02 Å². The highest BCUT2D eigenvalue weighted by atomic mass is 35.5. The first-order valence-corrected chi connectivity index (χ1v) is 14.4. The van der Waals surface area contributed by atoms with E-state index in [2.05, 4.69) is 10.3 Å². The molecule has 10 heteroatoms. The third-order valence-corrected chi connectivity index (χ3v) is 8.66. The van der Waals surface area contributed by atoms with Crippen molar-refractivity contribution < 1.29 is 17.9 Å². The number of aryl methyl sites for hydroxylation is 1. The molecule has 1 aliphatic carbocycles. The van der Waals surface area contributed by atoms with Gasteiger partial charge in [0.05, 0.1) is 24.2 Å². The Kier molecular flexibility index (Phi) is 7.74. The molecular formula is C29H29ClN4O4S. The number of rotatable bonds is 10. The normalized spacial score (nSPS) is 13.4. The molecule has 1 N–H and O–H groups in total. The zero-order chi connectivity index (χ0) is 27.6. The molecule has 4 aromatic rings. The number of imidazole rings is 1. The Labute approximate surface area is 233 Å². The van der Waals surface area contributed by atoms with E-state index in [-0.39, 0.29) is 23.3 Å². The molecule has 8 nitrogen and oxygen atoms in total. The third kappa shape index (κ3) is 6.33. The molecule has 1 saturated carbocycles. The van der Waals surface area contributed by atoms with Gasteiger partial charge in [-0.25, -0.2) is 13.4 Å². The summed E-state index contributed by atoms with van der Waals surface area (Å²) in [5, 5.41) is 3.45. The van der Waals surface area contributed by atoms with E-state index in [0.717, 1.165) is 29.7 Å². The largest absolute Gasteiger partial charge is 0.497 e. The van der Waals surface area contributed by atoms with Gasteiger partial charge in [0.1, 0.15) is 5.75 Å². The van der Waals surface area contributed by atoms with Crippen molar-refractivity contribution in [3.8, 4) is 22.7 Å². The molecule has 0 unspecified atom stereocenters. The highest BCUT2D eigenvalue weighted by Gasteiger charge is 2.33. The molecule has 5 rings (SSSR count). The van der Waals surface area contributed by atoms with Crippen LogP contribution in [0.25, 0.3) is 16.9 Å². The molecule has 1 fully saturated rings. The topological polar surface area (TPSA) is 93.5 Å². The van der Waals surface area contributed by atoms with E-state index < -0.39 is 15.9 Å². The van der Waals surface area contributed by atoms with Crippen LogP contribution >= 0.6 is 11.6 Å². The summed E-state index contributed by atoms with van der Waals surface area (Å²) in [7, 11) is -2.26. The SMILES string of the molecule is COc1ccc(-n2cc(-c3ccc(Cl)cc3)nc2NC(=O)CN(CC2CC2)S(=O)(=O)c2ccc(C)cc2)cc1. The standard InChI is InChI=1S/C29H29ClN4O4S/c1-20-3-15-26(16-4-20)39(36,37)33(17-21-5-6-21)19-28(35)32-29-31-27(22-7-9-23(30)10-8-22)18-34(29)24-11-13-25(38-2)14-12-24/h3-4,7-16,18,21H,5-6,17,19H2,1-2H3,(H,31,32,35). The number of anilines is 1. The monoisotopic (exact) mass is 564 g/mol. The highest BCUT2D eigenvalue weighted by Crippen LogP contribution is 2.32. The minimum atomic E-state index is -3.85. The van der Waals surface area contributed by atoms with Crippen molar-refractivity contribution in [1.29, 1.82) is 0 Å². The van der Waals surface area contributed by atoms with Gasteiger partial charge in [0.2, 0.25) is 21.9 Å². The molecule has 0 bridgehead atoms. The Morgan fingerprint density at radius 3 is 2.33 bits per heavy atom. The van der Waals surface area contributed by atoms with Gasteiger partial charge in [0.15, 0.2) is 0 Å². The van der Waals surface area contributed by atoms with Crippen LogP contribution in [-0.4, -0.2) is 48.4 Å². The number of carbonyl (C=O) groups is 1. The molecule has 1 aliphatic rings. The van der Waals surface area contributed by atoms with Gasteiger partial charge in [0, 0.05) is 29.0 Å². The van der Waals surface area contributed by atoms with Gasteiger partial charge in [0.25, 0.3) is 0 Å². The summed E-state index contributed by atoms with van der Waals surface area (Å²) in [5.41, 5.74) is 3.16. The minimum absolute atomic E-state index is 0.173. The van der Waals surface area contributed by atoms with Gasteiger partial charge in [-0.15, -0.1) is 0 Å². The van der Waals surface area contributed by atoms with E-state index in [0.29, 0.717) is 23.0 Å². The zero-order valence-electron chi connectivity index (χ0n) is 21.7. The predicted octanol–water partition coefficient (Wildman–Crippen LogP) is 5.55. The van der Waals surface area contributed by atoms with E-state index in [1.807, 2.05) is 49.5 Å². The lowest BCUT2D eigenvalue weighted by Gasteiger charge is -2.22. The van der Waals surface area contributed by atoms with Crippen molar-refractivity contribution in [2.24, 2.45) is 5.92 Å². The van der Waals surface area contributed by atoms with Crippen molar-refractivity contribution in [2.45, 2.75) is 24.7 Å². The van der Waals surface area contributed by atoms with Gasteiger partial charge in [-0.2, -0.15) is 4.31 Å². The quantitative estimate of drug-likeness (QED) is 0.273. The van der Waals surface area contributed by atoms with Crippen molar-refractivity contribution in [3.05, 3.63) is 89.6 Å². The fourth-order valence-electron chi connectivity index (χ4n) is 4.19. The van der Waals surface area contributed by atoms with Crippen molar-refractivity contribution in [2.75, 3.05) is 25.5 Å². The summed E-state index contributed by atoms with van der Waals surface area (Å²) >= 11 is 6.06. The van der Waals surface area contributed by atoms with Gasteiger partial charge in [-0.1, -0.05) is 41.4 Å². The number of methoxy groups -OCH3 is 1. The van der Waals surface area contributed by atoms with E-state index in [1.165, 1.54) is 4.31 Å². The second kappa shape index (κ2) is 11.2. The van der Waals surface area contributed by atoms with E-state index in [1.54, 1.807) is 48.1 Å². The van der Waals surface area contributed by atoms with Crippen molar-refractivity contribution >= 4 is 33.5 Å². The van der Waals surface area contributed by atoms with Crippen molar-refractivity contribution in [3.63, 3.8) is 0 Å². The number of aromatic nitrogens is 2. The number of amides is 1. The van der Waals surface area contributed by atoms with Gasteiger partial charge in [-0.3, -0.25) is 14.7 Å². The molecule has 0 saturated heterocycles. The van der Waals surface area contributed by atoms with Crippen molar-refractivity contribution in [1.82, 2.24) is 13.9 Å². The molecular weight excluding hydrogens is 536 g/mol. The number of halogens is 1. The van der Waals surface area contributed by atoms with Crippen LogP contribution in [-0.2, 0) is 14.8 Å². The molecule has 3 aromatic carbocycles. The Morgan fingerprint density at radius 1 is 1.05 bits per heavy atom. The number of hydrogen-bond donors (Lipinski definition) is 1. The second-order valence-electron chi connectivity index (χ2n) is 9.63. The first-order chi connectivity index (χ1) is 18.7. The number of benzene rings is 3. The van der Waals surface area contributed by atoms with Crippen LogP contribution in [0.15, 0.2) is 83.9 Å². The number of nitrogens with one attached hydrogen (secondary N) is 1. The lowest BCUT2D eigenvalue weighted by Crippen LogP contribution is -2.39. The van der Waals surface area contributed by atoms with Crippen LogP contribution in [0.5, 0.6) is 5.75 Å². The highest BCUT2D eigenvalue weighted by molar-refractivity contribution is 7.89. The number of nitrogens with zero attached hydrogens (tertiary/aromatic N) is 3. The second-order valence-corrected chi connectivity index (χ2v) is 12.0. The zero-order valence-corrected chi connectivity index (χ0v) is 23.2. The average molecular weight is 565 g/mol. The Bertz CT molecular complexity index is 1560. The maximum Gasteiger partial charge on any atom is 0.243 e. The summed E-state index contributed by atoms with van der Waals surface area (Å²) in [5.74, 6) is 0.749. The van der Waals surface area contributed by atoms with Gasteiger partial charge >= 0.3 is 0 Å². The summed E-state index contributed by atoms with van der Waals surface area (Å²) in [6.07, 6.45) is 3.72. The van der Waals surface area contributed by atoms with Crippen LogP contribution < -0.4 is 10.1 Å². The lowest BCUT2D eigenvalue weighted by atomic mass is 10.2.